The SMILES string of the molecule is Clc1oc2ccccc2c1CNCc1nccs1. The van der Waals surface area contributed by atoms with Crippen molar-refractivity contribution in [2.24, 2.45) is 0 Å². The van der Waals surface area contributed by atoms with Crippen LogP contribution >= 0.6 is 22.9 Å². The molecule has 0 atom stereocenters. The number of nitrogens with zero attached hydrogens (tertiary/aromatic N) is 1. The fraction of sp³-hybridized carbons (Fsp3) is 0.154. The van der Waals surface area contributed by atoms with Crippen LogP contribution in [-0.2, 0) is 13.1 Å². The summed E-state index contributed by atoms with van der Waals surface area (Å²) >= 11 is 7.75. The molecule has 2 aromatic heterocycles. The fourth-order valence-corrected chi connectivity index (χ4v) is 2.71. The Morgan fingerprint density at radius 3 is 3.00 bits per heavy atom. The van der Waals surface area contributed by atoms with Crippen LogP contribution in [0.4, 0.5) is 0 Å². The van der Waals surface area contributed by atoms with Crippen molar-refractivity contribution in [1.82, 2.24) is 10.3 Å². The predicted octanol–water partition coefficient (Wildman–Crippen LogP) is 3.83. The van der Waals surface area contributed by atoms with Gasteiger partial charge < -0.3 is 9.73 Å². The van der Waals surface area contributed by atoms with Crippen LogP contribution in [0.5, 0.6) is 0 Å². The van der Waals surface area contributed by atoms with E-state index in [4.69, 9.17) is 16.0 Å². The van der Waals surface area contributed by atoms with E-state index in [0.717, 1.165) is 28.1 Å². The van der Waals surface area contributed by atoms with Gasteiger partial charge in [0.2, 0.25) is 0 Å². The molecule has 0 unspecified atom stereocenters. The molecular formula is C13H11ClN2OS. The first-order chi connectivity index (χ1) is 8.84. The highest BCUT2D eigenvalue weighted by Crippen LogP contribution is 2.29. The fourth-order valence-electron chi connectivity index (χ4n) is 1.87. The number of aromatic nitrogens is 1. The molecule has 3 aromatic rings. The van der Waals surface area contributed by atoms with Crippen LogP contribution in [0, 0.1) is 0 Å². The number of para-hydroxylation sites is 1. The number of hydrogen-bond acceptors (Lipinski definition) is 4. The summed E-state index contributed by atoms with van der Waals surface area (Å²) in [7, 11) is 0. The maximum atomic E-state index is 6.11. The molecule has 0 aliphatic heterocycles. The number of furan rings is 1. The molecular weight excluding hydrogens is 268 g/mol. The maximum absolute atomic E-state index is 6.11. The number of hydrogen-bond donors (Lipinski definition) is 1. The standard InChI is InChI=1S/C13H11ClN2OS/c14-13-10(7-15-8-12-16-5-6-18-12)9-3-1-2-4-11(9)17-13/h1-6,15H,7-8H2. The summed E-state index contributed by atoms with van der Waals surface area (Å²) in [6, 6.07) is 7.87. The lowest BCUT2D eigenvalue weighted by Gasteiger charge is -2.01. The summed E-state index contributed by atoms with van der Waals surface area (Å²) in [6.07, 6.45) is 1.81. The van der Waals surface area contributed by atoms with Gasteiger partial charge >= 0.3 is 0 Å². The van der Waals surface area contributed by atoms with Crippen LogP contribution in [-0.4, -0.2) is 4.98 Å². The van der Waals surface area contributed by atoms with E-state index in [2.05, 4.69) is 10.3 Å². The van der Waals surface area contributed by atoms with Crippen molar-refractivity contribution >= 4 is 33.9 Å². The minimum Gasteiger partial charge on any atom is -0.444 e. The molecule has 0 amide bonds. The van der Waals surface area contributed by atoms with Crippen molar-refractivity contribution in [2.45, 2.75) is 13.1 Å². The average Bonchev–Trinajstić information content (AvgIpc) is 2.98. The van der Waals surface area contributed by atoms with Crippen LogP contribution in [0.25, 0.3) is 11.0 Å². The first kappa shape index (κ1) is 11.7. The van der Waals surface area contributed by atoms with Gasteiger partial charge in [-0.25, -0.2) is 4.98 Å². The monoisotopic (exact) mass is 278 g/mol. The van der Waals surface area contributed by atoms with Crippen molar-refractivity contribution in [1.29, 1.82) is 0 Å². The lowest BCUT2D eigenvalue weighted by molar-refractivity contribution is 0.604. The average molecular weight is 279 g/mol. The summed E-state index contributed by atoms with van der Waals surface area (Å²) < 4.78 is 5.50. The third-order valence-corrected chi connectivity index (χ3v) is 3.80. The zero-order valence-electron chi connectivity index (χ0n) is 9.52. The Hall–Kier alpha value is -1.36. The third-order valence-electron chi connectivity index (χ3n) is 2.71. The highest BCUT2D eigenvalue weighted by atomic mass is 35.5. The number of nitrogens with one attached hydrogen (secondary N) is 1. The van der Waals surface area contributed by atoms with Gasteiger partial charge in [0.15, 0.2) is 5.22 Å². The molecule has 92 valence electrons. The molecule has 1 aromatic carbocycles. The van der Waals surface area contributed by atoms with Gasteiger partial charge in [-0.1, -0.05) is 18.2 Å². The van der Waals surface area contributed by atoms with Gasteiger partial charge in [-0.2, -0.15) is 0 Å². The Kier molecular flexibility index (Phi) is 3.32. The van der Waals surface area contributed by atoms with E-state index in [1.807, 2.05) is 35.8 Å². The highest BCUT2D eigenvalue weighted by molar-refractivity contribution is 7.09. The Morgan fingerprint density at radius 2 is 2.17 bits per heavy atom. The molecule has 18 heavy (non-hydrogen) atoms. The van der Waals surface area contributed by atoms with Gasteiger partial charge in [0.1, 0.15) is 10.6 Å². The van der Waals surface area contributed by atoms with Gasteiger partial charge in [-0.15, -0.1) is 11.3 Å². The molecule has 0 fully saturated rings. The normalized spacial score (nSPS) is 11.2. The second-order valence-corrected chi connectivity index (χ2v) is 5.20. The van der Waals surface area contributed by atoms with Crippen molar-refractivity contribution in [3.63, 3.8) is 0 Å². The van der Waals surface area contributed by atoms with E-state index in [0.29, 0.717) is 11.8 Å². The largest absolute Gasteiger partial charge is 0.444 e. The van der Waals surface area contributed by atoms with E-state index >= 15 is 0 Å². The maximum Gasteiger partial charge on any atom is 0.199 e. The summed E-state index contributed by atoms with van der Waals surface area (Å²) in [5.41, 5.74) is 1.83. The lowest BCUT2D eigenvalue weighted by Crippen LogP contribution is -2.12. The smallest absolute Gasteiger partial charge is 0.199 e. The molecule has 2 heterocycles. The number of halogens is 1. The van der Waals surface area contributed by atoms with Gasteiger partial charge in [0, 0.05) is 35.6 Å². The number of benzene rings is 1. The Bertz CT molecular complexity index is 648. The second-order valence-electron chi connectivity index (χ2n) is 3.88. The van der Waals surface area contributed by atoms with Crippen LogP contribution in [0.1, 0.15) is 10.6 Å². The topological polar surface area (TPSA) is 38.1 Å². The first-order valence-corrected chi connectivity index (χ1v) is 6.85. The second kappa shape index (κ2) is 5.10. The summed E-state index contributed by atoms with van der Waals surface area (Å²) in [5.74, 6) is 0. The van der Waals surface area contributed by atoms with E-state index < -0.39 is 0 Å². The molecule has 3 rings (SSSR count). The summed E-state index contributed by atoms with van der Waals surface area (Å²) in [5, 5.41) is 7.89. The van der Waals surface area contributed by atoms with Crippen LogP contribution in [0.2, 0.25) is 5.22 Å². The lowest BCUT2D eigenvalue weighted by atomic mass is 10.2. The molecule has 3 nitrogen and oxygen atoms in total. The van der Waals surface area contributed by atoms with E-state index in [9.17, 15) is 0 Å². The predicted molar refractivity (Wildman–Crippen MR) is 73.9 cm³/mol. The number of thiazole rings is 1. The molecule has 0 saturated carbocycles. The third kappa shape index (κ3) is 2.27. The molecule has 0 saturated heterocycles. The van der Waals surface area contributed by atoms with Crippen LogP contribution < -0.4 is 5.32 Å². The van der Waals surface area contributed by atoms with Gasteiger partial charge in [-0.3, -0.25) is 0 Å². The van der Waals surface area contributed by atoms with E-state index in [1.165, 1.54) is 0 Å². The van der Waals surface area contributed by atoms with Gasteiger partial charge in [-0.05, 0) is 17.7 Å². The van der Waals surface area contributed by atoms with Crippen LogP contribution in [0.3, 0.4) is 0 Å². The Balaban J connectivity index is 1.76. The Morgan fingerprint density at radius 1 is 1.28 bits per heavy atom. The molecule has 0 spiro atoms. The molecule has 0 radical (unpaired) electrons. The molecule has 0 aliphatic rings. The van der Waals surface area contributed by atoms with Gasteiger partial charge in [0.25, 0.3) is 0 Å². The summed E-state index contributed by atoms with van der Waals surface area (Å²) in [4.78, 5) is 4.22. The number of rotatable bonds is 4. The zero-order chi connectivity index (χ0) is 12.4. The van der Waals surface area contributed by atoms with Crippen LogP contribution in [0.15, 0.2) is 40.3 Å². The van der Waals surface area contributed by atoms with Crippen molar-refractivity contribution in [3.8, 4) is 0 Å². The molecule has 1 N–H and O–H groups in total. The van der Waals surface area contributed by atoms with Crippen molar-refractivity contribution in [3.05, 3.63) is 51.6 Å². The molecule has 0 aliphatic carbocycles. The van der Waals surface area contributed by atoms with Crippen molar-refractivity contribution < 1.29 is 4.42 Å². The minimum absolute atomic E-state index is 0.461. The quantitative estimate of drug-likeness (QED) is 0.788. The van der Waals surface area contributed by atoms with Gasteiger partial charge in [0.05, 0.1) is 0 Å². The summed E-state index contributed by atoms with van der Waals surface area (Å²) in [6.45, 7) is 1.42. The number of fused-ring (bicyclic) bond motifs is 1. The van der Waals surface area contributed by atoms with Crippen molar-refractivity contribution in [2.75, 3.05) is 0 Å². The highest BCUT2D eigenvalue weighted by Gasteiger charge is 2.11. The minimum atomic E-state index is 0.461. The molecule has 5 heteroatoms. The Labute approximate surface area is 113 Å². The van der Waals surface area contributed by atoms with E-state index in [-0.39, 0.29) is 0 Å². The first-order valence-electron chi connectivity index (χ1n) is 5.59. The molecule has 0 bridgehead atoms. The zero-order valence-corrected chi connectivity index (χ0v) is 11.1. The van der Waals surface area contributed by atoms with E-state index in [1.54, 1.807) is 11.3 Å².